The Bertz CT molecular complexity index is 260. The van der Waals surface area contributed by atoms with Gasteiger partial charge in [-0.25, -0.2) is 0 Å². The van der Waals surface area contributed by atoms with E-state index >= 15 is 0 Å². The van der Waals surface area contributed by atoms with Crippen molar-refractivity contribution in [3.8, 4) is 0 Å². The molecule has 1 aliphatic carbocycles. The quantitative estimate of drug-likeness (QED) is 0.368. The number of hydrogen-bond acceptors (Lipinski definition) is 0. The minimum absolute atomic E-state index is 0. The first-order valence-corrected chi connectivity index (χ1v) is 3.01. The topological polar surface area (TPSA) is 59.7 Å². The van der Waals surface area contributed by atoms with Crippen molar-refractivity contribution in [3.05, 3.63) is 50.2 Å². The van der Waals surface area contributed by atoms with Gasteiger partial charge in [0.15, 0.2) is 0 Å². The fourth-order valence-electron chi connectivity index (χ4n) is 0.563. The van der Waals surface area contributed by atoms with Gasteiger partial charge in [-0.1, -0.05) is 18.2 Å². The van der Waals surface area contributed by atoms with E-state index in [9.17, 15) is 13.2 Å². The number of hydrogen-bond donors (Lipinski definition) is 0. The molecule has 86 valence electrons. The molecule has 0 N–H and O–H groups in total. The van der Waals surface area contributed by atoms with Crippen LogP contribution in [-0.4, -0.2) is 6.18 Å². The molecular formula is C9H4F3MnO3. The van der Waals surface area contributed by atoms with Crippen LogP contribution in [0.25, 0.3) is 0 Å². The van der Waals surface area contributed by atoms with Crippen molar-refractivity contribution in [2.24, 2.45) is 0 Å². The molecule has 0 saturated heterocycles. The summed E-state index contributed by atoms with van der Waals surface area (Å²) < 4.78 is 57.4. The van der Waals surface area contributed by atoms with E-state index in [4.69, 9.17) is 14.0 Å². The van der Waals surface area contributed by atoms with Gasteiger partial charge in [0.1, 0.15) is 0 Å². The van der Waals surface area contributed by atoms with Crippen molar-refractivity contribution in [3.63, 3.8) is 0 Å². The Labute approximate surface area is 101 Å². The van der Waals surface area contributed by atoms with Crippen molar-refractivity contribution in [1.82, 2.24) is 0 Å². The third-order valence-corrected chi connectivity index (χ3v) is 0.990. The van der Waals surface area contributed by atoms with Crippen molar-refractivity contribution < 1.29 is 44.2 Å². The molecule has 16 heavy (non-hydrogen) atoms. The molecule has 0 aromatic rings. The summed E-state index contributed by atoms with van der Waals surface area (Å²) in [7, 11) is 0. The Morgan fingerprint density at radius 1 is 0.938 bits per heavy atom. The zero-order chi connectivity index (χ0) is 12.9. The van der Waals surface area contributed by atoms with Gasteiger partial charge in [-0.05, 0) is 0 Å². The van der Waals surface area contributed by atoms with Crippen molar-refractivity contribution in [2.45, 2.75) is 6.18 Å². The van der Waals surface area contributed by atoms with Crippen LogP contribution in [0.3, 0.4) is 0 Å². The summed E-state index contributed by atoms with van der Waals surface area (Å²) in [5, 5.41) is 0. The molecule has 1 aliphatic rings. The standard InChI is InChI=1S/C6H4F3.3CO.Mn/c7-6(8,9)5-3-1-2-4-5;3*1-2;/h1-4H;;;;. The fraction of sp³-hybridized carbons (Fsp3) is 0.111. The van der Waals surface area contributed by atoms with Gasteiger partial charge in [-0.3, -0.25) is 0 Å². The molecule has 0 aromatic carbocycles. The molecule has 0 aromatic heterocycles. The Morgan fingerprint density at radius 2 is 1.31 bits per heavy atom. The van der Waals surface area contributed by atoms with Crippen LogP contribution in [0, 0.1) is 26.4 Å². The van der Waals surface area contributed by atoms with E-state index in [1.165, 1.54) is 12.5 Å². The predicted octanol–water partition coefficient (Wildman–Crippen LogP) is 2.13. The number of halogens is 3. The van der Waals surface area contributed by atoms with Crippen LogP contribution in [0.5, 0.6) is 0 Å². The average molecular weight is 272 g/mol. The number of alkyl halides is 3. The van der Waals surface area contributed by atoms with Crippen molar-refractivity contribution in [1.29, 1.82) is 0 Å². The van der Waals surface area contributed by atoms with Crippen LogP contribution >= 0.6 is 0 Å². The molecular weight excluding hydrogens is 268 g/mol. The Kier molecular flexibility index (Phi) is 25.0. The van der Waals surface area contributed by atoms with E-state index in [0.717, 1.165) is 12.2 Å². The Morgan fingerprint density at radius 3 is 1.44 bits per heavy atom. The zero-order valence-corrected chi connectivity index (χ0v) is 8.73. The third kappa shape index (κ3) is 13.0. The molecule has 0 spiro atoms. The number of allylic oxidation sites excluding steroid dienone is 4. The minimum Gasteiger partial charge on any atom is 0 e. The van der Waals surface area contributed by atoms with Crippen LogP contribution in [0.4, 0.5) is 13.2 Å². The summed E-state index contributed by atoms with van der Waals surface area (Å²) in [5.74, 6) is 0. The molecule has 0 saturated carbocycles. The second-order valence-electron chi connectivity index (χ2n) is 1.67. The summed E-state index contributed by atoms with van der Waals surface area (Å²) in [4.78, 5) is 0. The second-order valence-corrected chi connectivity index (χ2v) is 1.67. The van der Waals surface area contributed by atoms with E-state index in [1.54, 1.807) is 0 Å². The smallest absolute Gasteiger partial charge is 0 e. The van der Waals surface area contributed by atoms with Crippen molar-refractivity contribution >= 4 is 0 Å². The molecule has 0 heterocycles. The molecule has 0 aliphatic heterocycles. The van der Waals surface area contributed by atoms with Crippen LogP contribution in [0.1, 0.15) is 0 Å². The van der Waals surface area contributed by atoms with Crippen LogP contribution < -0.4 is 0 Å². The first-order chi connectivity index (χ1) is 7.11. The fourth-order valence-corrected chi connectivity index (χ4v) is 0.563. The molecule has 0 fully saturated rings. The van der Waals surface area contributed by atoms with Gasteiger partial charge < -0.3 is 0 Å². The molecule has 1 rings (SSSR count). The maximum atomic E-state index is 11.6. The Balaban J connectivity index is -0.0000000900. The minimum atomic E-state index is -4.18. The first-order valence-electron chi connectivity index (χ1n) is 3.01. The second kappa shape index (κ2) is 16.4. The van der Waals surface area contributed by atoms with Gasteiger partial charge in [-0.2, -0.15) is 13.2 Å². The molecule has 0 amide bonds. The SMILES string of the molecule is FC(F)(F)C1=C[CH]C=C1.[C-]#[O+].[C-]#[O+].[C-]#[O+].[Mn]. The summed E-state index contributed by atoms with van der Waals surface area (Å²) in [6.45, 7) is 13.5. The largest absolute Gasteiger partial charge is 0 e. The van der Waals surface area contributed by atoms with Crippen LogP contribution in [-0.2, 0) is 31.0 Å². The summed E-state index contributed by atoms with van der Waals surface area (Å²) in [5.41, 5.74) is -0.581. The molecule has 0 atom stereocenters. The van der Waals surface area contributed by atoms with E-state index in [1.807, 2.05) is 0 Å². The van der Waals surface area contributed by atoms with Gasteiger partial charge in [0.2, 0.25) is 0 Å². The van der Waals surface area contributed by atoms with E-state index in [0.29, 0.717) is 0 Å². The van der Waals surface area contributed by atoms with Crippen LogP contribution in [0.15, 0.2) is 23.8 Å². The molecule has 0 bridgehead atoms. The Hall–Kier alpha value is -0.991. The molecule has 2 radical (unpaired) electrons. The van der Waals surface area contributed by atoms with E-state index in [2.05, 4.69) is 20.0 Å². The normalized spacial score (nSPS) is 10.7. The number of rotatable bonds is 0. The van der Waals surface area contributed by atoms with E-state index in [-0.39, 0.29) is 17.1 Å². The van der Waals surface area contributed by atoms with Gasteiger partial charge >= 0.3 is 40.1 Å². The van der Waals surface area contributed by atoms with Gasteiger partial charge in [0.25, 0.3) is 0 Å². The van der Waals surface area contributed by atoms with Gasteiger partial charge in [-0.15, -0.1) is 0 Å². The predicted molar refractivity (Wildman–Crippen MR) is 39.4 cm³/mol. The summed E-state index contributed by atoms with van der Waals surface area (Å²) in [6, 6.07) is 0. The third-order valence-electron chi connectivity index (χ3n) is 0.990. The zero-order valence-electron chi connectivity index (χ0n) is 7.55. The summed E-state index contributed by atoms with van der Waals surface area (Å²) in [6.07, 6.45) is 0.634. The summed E-state index contributed by atoms with van der Waals surface area (Å²) >= 11 is 0. The molecule has 0 unspecified atom stereocenters. The first kappa shape index (κ1) is 24.3. The van der Waals surface area contributed by atoms with E-state index < -0.39 is 11.7 Å². The van der Waals surface area contributed by atoms with Gasteiger partial charge in [0, 0.05) is 23.5 Å². The molecule has 7 heteroatoms. The monoisotopic (exact) mass is 272 g/mol. The average Bonchev–Trinajstić information content (AvgIpc) is 2.79. The van der Waals surface area contributed by atoms with Gasteiger partial charge in [0.05, 0.1) is 5.57 Å². The van der Waals surface area contributed by atoms with Crippen molar-refractivity contribution in [2.75, 3.05) is 0 Å². The maximum Gasteiger partial charge on any atom is 0 e. The molecule has 3 nitrogen and oxygen atoms in total. The van der Waals surface area contributed by atoms with Crippen LogP contribution in [0.2, 0.25) is 0 Å². The maximum absolute atomic E-state index is 11.6.